The van der Waals surface area contributed by atoms with E-state index in [1.165, 1.54) is 0 Å². The van der Waals surface area contributed by atoms with E-state index in [2.05, 4.69) is 250 Å². The van der Waals surface area contributed by atoms with Crippen LogP contribution in [0, 0.1) is 0 Å². The molecule has 6 heteroatoms. The van der Waals surface area contributed by atoms with Gasteiger partial charge in [-0.25, -0.2) is 0 Å². The van der Waals surface area contributed by atoms with Crippen LogP contribution in [0.25, 0.3) is 160 Å². The Balaban J connectivity index is 0.972. The molecular formula is C110H80BN5. The van der Waals surface area contributed by atoms with Crippen molar-refractivity contribution in [1.29, 1.82) is 0 Å². The van der Waals surface area contributed by atoms with E-state index in [0.717, 1.165) is 133 Å². The first-order chi connectivity index (χ1) is 62.7. The molecule has 0 fully saturated rings. The fourth-order valence-electron chi connectivity index (χ4n) is 18.7. The zero-order valence-electron chi connectivity index (χ0n) is 78.5. The van der Waals surface area contributed by atoms with Crippen LogP contribution in [0.5, 0.6) is 0 Å². The molecule has 0 bridgehead atoms. The Bertz CT molecular complexity index is 7870. The van der Waals surface area contributed by atoms with Gasteiger partial charge in [0.05, 0.1) is 80.6 Å². The van der Waals surface area contributed by atoms with Crippen molar-refractivity contribution in [2.24, 2.45) is 0 Å². The predicted octanol–water partition coefficient (Wildman–Crippen LogP) is 27.7. The van der Waals surface area contributed by atoms with Crippen molar-refractivity contribution >= 4 is 139 Å². The van der Waals surface area contributed by atoms with Gasteiger partial charge in [0, 0.05) is 88.1 Å². The number of benzene rings is 17. The molecule has 6 heterocycles. The minimum absolute atomic E-state index is 0.0186. The lowest BCUT2D eigenvalue weighted by Gasteiger charge is -2.46. The highest BCUT2D eigenvalue weighted by atomic mass is 15.2. The maximum absolute atomic E-state index is 10.5. The normalized spacial score (nSPS) is 14.6. The summed E-state index contributed by atoms with van der Waals surface area (Å²) in [6, 6.07) is 93.7. The fourth-order valence-corrected chi connectivity index (χ4v) is 18.7. The molecule has 0 spiro atoms. The molecule has 21 aromatic rings. The first kappa shape index (κ1) is 54.5. The Hall–Kier alpha value is -14.2. The van der Waals surface area contributed by atoms with Crippen LogP contribution >= 0.6 is 0 Å². The lowest BCUT2D eigenvalue weighted by atomic mass is 9.33. The molecular weight excluding hydrogens is 1400 g/mol. The average Bonchev–Trinajstić information content (AvgIpc) is 1.43. The van der Waals surface area contributed by atoms with Crippen LogP contribution < -0.4 is 26.2 Å². The number of para-hydroxylation sites is 4. The van der Waals surface area contributed by atoms with Crippen molar-refractivity contribution in [2.45, 2.75) is 52.4 Å². The second kappa shape index (κ2) is 25.7. The summed E-state index contributed by atoms with van der Waals surface area (Å²) in [4.78, 5) is 4.93. The molecule has 0 N–H and O–H groups in total. The molecule has 2 aliphatic rings. The Labute approximate surface area is 695 Å². The number of fused-ring (bicyclic) bond motifs is 18. The van der Waals surface area contributed by atoms with E-state index in [0.29, 0.717) is 33.9 Å². The van der Waals surface area contributed by atoms with Crippen molar-refractivity contribution in [1.82, 2.24) is 13.5 Å². The van der Waals surface area contributed by atoms with Gasteiger partial charge in [0.2, 0.25) is 0 Å². The van der Waals surface area contributed by atoms with Gasteiger partial charge in [0.15, 0.2) is 0 Å². The lowest BCUT2D eigenvalue weighted by molar-refractivity contribution is 0.590. The maximum atomic E-state index is 10.5. The molecule has 0 saturated heterocycles. The Morgan fingerprint density at radius 1 is 0.276 bits per heavy atom. The lowest BCUT2D eigenvalue weighted by Crippen LogP contribution is -2.61. The van der Waals surface area contributed by atoms with Crippen molar-refractivity contribution in [3.8, 4) is 78.1 Å². The van der Waals surface area contributed by atoms with Crippen LogP contribution in [-0.2, 0) is 10.8 Å². The van der Waals surface area contributed by atoms with Crippen LogP contribution in [-0.4, -0.2) is 20.2 Å². The Kier molecular flexibility index (Phi) is 12.1. The summed E-state index contributed by atoms with van der Waals surface area (Å²) in [5, 5.41) is 3.94. The summed E-state index contributed by atoms with van der Waals surface area (Å²) in [5.41, 5.74) is 20.2. The van der Waals surface area contributed by atoms with Crippen LogP contribution in [0.15, 0.2) is 376 Å². The standard InChI is InChI=1S/C110H80BN5/c1-109(2,3)77-63-85(71-37-17-9-18-38-71)104(86(64-77)72-39-19-10-20-40-72)115-99-67-79(112-93-49-29-25-45-81(93)89-61-75(53-59-97(89)112)69-33-13-7-14-34-69)55-57-91(99)111-92-58-56-80(113-94-50-30-26-46-82(94)90-62-76(54-60-98(90)113)70-35-15-8-16-36-70)68-100(92)116(105-87(73-41-21-11-22-42-73)65-78(110(4,5)6)66-88(105)74-43-23-12-24-44-74)108-102-84-48-28-32-52-96(84)114-95-51-31-27-47-83(95)101(106(102)114)107(115)103(108)111/h7-68H,1-6H3/i25D,26D,29D,30D,45D,46D,49D,50D,53D,54D,59D,60D,61D,62D. The van der Waals surface area contributed by atoms with Crippen molar-refractivity contribution < 1.29 is 19.2 Å². The van der Waals surface area contributed by atoms with Gasteiger partial charge < -0.3 is 23.3 Å². The van der Waals surface area contributed by atoms with Crippen LogP contribution in [0.4, 0.5) is 34.1 Å². The summed E-state index contributed by atoms with van der Waals surface area (Å²) in [5.74, 6) is 0. The second-order valence-electron chi connectivity index (χ2n) is 32.8. The topological polar surface area (TPSA) is 20.8 Å². The fraction of sp³-hybridized carbons (Fsp3) is 0.0727. The van der Waals surface area contributed by atoms with Gasteiger partial charge in [-0.15, -0.1) is 0 Å². The molecule has 0 amide bonds. The number of hydrogen-bond acceptors (Lipinski definition) is 2. The summed E-state index contributed by atoms with van der Waals surface area (Å²) in [6.07, 6.45) is 0. The maximum Gasteiger partial charge on any atom is 0.252 e. The summed E-state index contributed by atoms with van der Waals surface area (Å²) < 4.78 is 146. The predicted molar refractivity (Wildman–Crippen MR) is 494 cm³/mol. The number of nitrogens with zero attached hydrogens (tertiary/aromatic N) is 5. The highest BCUT2D eigenvalue weighted by Crippen LogP contribution is 2.60. The van der Waals surface area contributed by atoms with Crippen LogP contribution in [0.1, 0.15) is 71.9 Å². The molecule has 0 unspecified atom stereocenters. The molecule has 17 aromatic carbocycles. The molecule has 116 heavy (non-hydrogen) atoms. The average molecular weight is 1500 g/mol. The van der Waals surface area contributed by atoms with E-state index in [9.17, 15) is 19.2 Å². The SMILES string of the molecule is [2H]c1c([2H])c([2H])c2c(c1[2H])c1c([2H])c(-c3ccccc3)c([2H])c([2H])c1n2-c1ccc2c(c1)N(c1c(-c3ccccc3)cc(C(C)(C)C)cc1-c1ccccc1)c1c3c(c4c5ccccc5n5c6ccccc6c1c45)N(c1c(-c4ccccc4)cc(C(C)(C)C)cc1-c1ccccc1)c1cc(-n4c5c([2H])c([2H])c([2H])c([2H])c5c5c([2H])c(-c6ccccc6)c([2H])c([2H])c54)ccc1B23. The smallest absolute Gasteiger partial charge is 0.252 e. The zero-order valence-corrected chi connectivity index (χ0v) is 64.5. The number of aromatic nitrogens is 3. The molecule has 0 radical (unpaired) electrons. The minimum atomic E-state index is -0.824. The minimum Gasteiger partial charge on any atom is -0.309 e. The van der Waals surface area contributed by atoms with E-state index in [4.69, 9.17) is 0 Å². The van der Waals surface area contributed by atoms with E-state index in [1.807, 2.05) is 72.8 Å². The summed E-state index contributed by atoms with van der Waals surface area (Å²) in [7, 11) is 0. The molecule has 0 saturated carbocycles. The first-order valence-electron chi connectivity index (χ1n) is 46.6. The second-order valence-corrected chi connectivity index (χ2v) is 32.8. The van der Waals surface area contributed by atoms with Crippen molar-refractivity contribution in [2.75, 3.05) is 9.80 Å². The molecule has 2 aliphatic heterocycles. The van der Waals surface area contributed by atoms with Gasteiger partial charge in [-0.3, -0.25) is 0 Å². The highest BCUT2D eigenvalue weighted by Gasteiger charge is 2.49. The quantitative estimate of drug-likeness (QED) is 0.127. The molecule has 5 nitrogen and oxygen atoms in total. The van der Waals surface area contributed by atoms with Crippen molar-refractivity contribution in [3.63, 3.8) is 0 Å². The van der Waals surface area contributed by atoms with Gasteiger partial charge in [-0.1, -0.05) is 320 Å². The number of rotatable bonds is 10. The number of hydrogen-bond donors (Lipinski definition) is 0. The largest absolute Gasteiger partial charge is 0.309 e. The molecule has 23 rings (SSSR count). The van der Waals surface area contributed by atoms with E-state index in [-0.39, 0.29) is 91.0 Å². The van der Waals surface area contributed by atoms with Gasteiger partial charge >= 0.3 is 0 Å². The van der Waals surface area contributed by atoms with E-state index < -0.39 is 65.9 Å². The van der Waals surface area contributed by atoms with Gasteiger partial charge in [0.1, 0.15) is 0 Å². The monoisotopic (exact) mass is 1500 g/mol. The van der Waals surface area contributed by atoms with E-state index >= 15 is 0 Å². The third kappa shape index (κ3) is 10.2. The summed E-state index contributed by atoms with van der Waals surface area (Å²) >= 11 is 0. The molecule has 0 aliphatic carbocycles. The zero-order chi connectivity index (χ0) is 89.6. The van der Waals surface area contributed by atoms with Gasteiger partial charge in [-0.2, -0.15) is 0 Å². The number of anilines is 6. The van der Waals surface area contributed by atoms with E-state index in [1.54, 1.807) is 33.4 Å². The first-order valence-corrected chi connectivity index (χ1v) is 39.6. The molecule has 548 valence electrons. The third-order valence-corrected chi connectivity index (χ3v) is 24.1. The van der Waals surface area contributed by atoms with Crippen LogP contribution in [0.3, 0.4) is 0 Å². The molecule has 4 aromatic heterocycles. The Morgan fingerprint density at radius 3 is 0.966 bits per heavy atom. The third-order valence-electron chi connectivity index (χ3n) is 24.1. The highest BCUT2D eigenvalue weighted by molar-refractivity contribution is 7.01. The van der Waals surface area contributed by atoms with Crippen LogP contribution in [0.2, 0.25) is 0 Å². The van der Waals surface area contributed by atoms with Crippen molar-refractivity contribution in [3.05, 3.63) is 387 Å². The van der Waals surface area contributed by atoms with Gasteiger partial charge in [0.25, 0.3) is 6.71 Å². The molecule has 0 atom stereocenters. The summed E-state index contributed by atoms with van der Waals surface area (Å²) in [6.45, 7) is 12.6. The van der Waals surface area contributed by atoms with Gasteiger partial charge in [-0.05, 0) is 180 Å². The Morgan fingerprint density at radius 2 is 0.603 bits per heavy atom.